The topological polar surface area (TPSA) is 99.4 Å². The Bertz CT molecular complexity index is 478. The number of ether oxygens (including phenoxy) is 2. The Balaban J connectivity index is 1.80. The molecule has 1 unspecified atom stereocenters. The summed E-state index contributed by atoms with van der Waals surface area (Å²) < 4.78 is 12.5. The lowest BCUT2D eigenvalue weighted by molar-refractivity contribution is -0.150. The number of rotatable bonds is 4. The van der Waals surface area contributed by atoms with E-state index in [1.54, 1.807) is 4.68 Å². The molecule has 8 heteroatoms. The van der Waals surface area contributed by atoms with Crippen molar-refractivity contribution in [2.45, 2.75) is 38.3 Å². The highest BCUT2D eigenvalue weighted by Gasteiger charge is 2.43. The minimum atomic E-state index is -0.766. The maximum atomic E-state index is 11.6. The van der Waals surface area contributed by atoms with E-state index in [0.29, 0.717) is 45.0 Å². The third kappa shape index (κ3) is 2.40. The van der Waals surface area contributed by atoms with E-state index in [2.05, 4.69) is 15.5 Å². The fourth-order valence-corrected chi connectivity index (χ4v) is 2.97. The number of carboxylic acids is 1. The summed E-state index contributed by atoms with van der Waals surface area (Å²) >= 11 is 0. The summed E-state index contributed by atoms with van der Waals surface area (Å²) in [6.07, 6.45) is 2.90. The van der Waals surface area contributed by atoms with Crippen LogP contribution in [0.1, 0.15) is 37.6 Å². The molecule has 8 nitrogen and oxygen atoms in total. The molecule has 20 heavy (non-hydrogen) atoms. The second kappa shape index (κ2) is 5.45. The highest BCUT2D eigenvalue weighted by atomic mass is 16.6. The molecule has 1 aromatic rings. The average Bonchev–Trinajstić information content (AvgIpc) is 3.10. The van der Waals surface area contributed by atoms with Gasteiger partial charge in [-0.2, -0.15) is 0 Å². The number of aromatic nitrogens is 4. The molecule has 110 valence electrons. The smallest absolute Gasteiger partial charge is 0.311 e. The van der Waals surface area contributed by atoms with Crippen molar-refractivity contribution in [1.82, 2.24) is 20.2 Å². The van der Waals surface area contributed by atoms with E-state index in [4.69, 9.17) is 9.47 Å². The Morgan fingerprint density at radius 3 is 2.85 bits per heavy atom. The zero-order chi connectivity index (χ0) is 14.0. The van der Waals surface area contributed by atoms with Gasteiger partial charge in [0.05, 0.1) is 31.8 Å². The van der Waals surface area contributed by atoms with Gasteiger partial charge in [0.2, 0.25) is 0 Å². The molecule has 1 N–H and O–H groups in total. The van der Waals surface area contributed by atoms with Crippen LogP contribution in [0.5, 0.6) is 0 Å². The highest BCUT2D eigenvalue weighted by molar-refractivity contribution is 5.74. The van der Waals surface area contributed by atoms with E-state index in [0.717, 1.165) is 12.8 Å². The monoisotopic (exact) mass is 282 g/mol. The summed E-state index contributed by atoms with van der Waals surface area (Å²) in [4.78, 5) is 11.6. The van der Waals surface area contributed by atoms with E-state index >= 15 is 0 Å². The molecule has 1 aromatic heterocycles. The molecule has 1 saturated carbocycles. The van der Waals surface area contributed by atoms with Crippen LogP contribution in [-0.4, -0.2) is 51.1 Å². The van der Waals surface area contributed by atoms with E-state index < -0.39 is 11.4 Å². The minimum absolute atomic E-state index is 0.296. The predicted octanol–water partition coefficient (Wildman–Crippen LogP) is 0.406. The van der Waals surface area contributed by atoms with Crippen molar-refractivity contribution >= 4 is 5.97 Å². The number of carbonyl (C=O) groups is 1. The highest BCUT2D eigenvalue weighted by Crippen LogP contribution is 2.40. The summed E-state index contributed by atoms with van der Waals surface area (Å²) in [5, 5.41) is 21.1. The van der Waals surface area contributed by atoms with Gasteiger partial charge in [-0.15, -0.1) is 5.10 Å². The fourth-order valence-electron chi connectivity index (χ4n) is 2.97. The Kier molecular flexibility index (Phi) is 3.66. The van der Waals surface area contributed by atoms with Crippen LogP contribution in [0.15, 0.2) is 0 Å². The Morgan fingerprint density at radius 2 is 2.20 bits per heavy atom. The number of tetrazole rings is 1. The predicted molar refractivity (Wildman–Crippen MR) is 65.9 cm³/mol. The first kappa shape index (κ1) is 13.4. The van der Waals surface area contributed by atoms with Gasteiger partial charge in [-0.05, 0) is 23.3 Å². The molecule has 0 spiro atoms. The number of carboxylic acid groups (broad SMARTS) is 1. The maximum absolute atomic E-state index is 11.6. The Morgan fingerprint density at radius 1 is 1.40 bits per heavy atom. The molecule has 0 bridgehead atoms. The molecule has 1 aliphatic heterocycles. The standard InChI is InChI=1S/C12H18N4O4/c17-11(18)12(3-1-2-4-12)8-16-10(13-14-15-16)9-7-19-5-6-20-9/h9H,1-8H2,(H,17,18). The SMILES string of the molecule is O=C(O)C1(Cn2nnnc2C2COCCO2)CCCC1. The molecule has 1 aliphatic carbocycles. The molecular formula is C12H18N4O4. The van der Waals surface area contributed by atoms with Crippen molar-refractivity contribution in [3.8, 4) is 0 Å². The third-order valence-electron chi connectivity index (χ3n) is 4.13. The summed E-state index contributed by atoms with van der Waals surface area (Å²) in [5.41, 5.74) is -0.750. The summed E-state index contributed by atoms with van der Waals surface area (Å²) in [6.45, 7) is 1.77. The molecule has 3 rings (SSSR count). The van der Waals surface area contributed by atoms with Crippen molar-refractivity contribution < 1.29 is 19.4 Å². The molecule has 0 aromatic carbocycles. The number of hydrogen-bond donors (Lipinski definition) is 1. The van der Waals surface area contributed by atoms with Gasteiger partial charge in [0.1, 0.15) is 6.10 Å². The lowest BCUT2D eigenvalue weighted by Crippen LogP contribution is -2.35. The van der Waals surface area contributed by atoms with Crippen molar-refractivity contribution in [3.05, 3.63) is 5.82 Å². The van der Waals surface area contributed by atoms with Crippen LogP contribution < -0.4 is 0 Å². The van der Waals surface area contributed by atoms with Crippen molar-refractivity contribution in [2.75, 3.05) is 19.8 Å². The normalized spacial score (nSPS) is 25.7. The first-order chi connectivity index (χ1) is 9.71. The first-order valence-corrected chi connectivity index (χ1v) is 6.90. The summed E-state index contributed by atoms with van der Waals surface area (Å²) in [7, 11) is 0. The molecular weight excluding hydrogens is 264 g/mol. The first-order valence-electron chi connectivity index (χ1n) is 6.90. The zero-order valence-corrected chi connectivity index (χ0v) is 11.2. The Labute approximate surface area is 116 Å². The van der Waals surface area contributed by atoms with E-state index in [9.17, 15) is 9.90 Å². The van der Waals surface area contributed by atoms with Crippen LogP contribution >= 0.6 is 0 Å². The summed E-state index contributed by atoms with van der Waals surface area (Å²) in [6, 6.07) is 0. The lowest BCUT2D eigenvalue weighted by atomic mass is 9.86. The molecule has 0 radical (unpaired) electrons. The quantitative estimate of drug-likeness (QED) is 0.853. The van der Waals surface area contributed by atoms with Gasteiger partial charge in [0.25, 0.3) is 0 Å². The zero-order valence-electron chi connectivity index (χ0n) is 11.2. The van der Waals surface area contributed by atoms with Gasteiger partial charge in [0, 0.05) is 0 Å². The van der Waals surface area contributed by atoms with Gasteiger partial charge in [0.15, 0.2) is 5.82 Å². The maximum Gasteiger partial charge on any atom is 0.311 e. The van der Waals surface area contributed by atoms with Crippen LogP contribution in [-0.2, 0) is 20.8 Å². The van der Waals surface area contributed by atoms with Crippen LogP contribution in [0.4, 0.5) is 0 Å². The third-order valence-corrected chi connectivity index (χ3v) is 4.13. The molecule has 0 amide bonds. The number of nitrogens with zero attached hydrogens (tertiary/aromatic N) is 4. The largest absolute Gasteiger partial charge is 0.481 e. The molecule has 2 fully saturated rings. The van der Waals surface area contributed by atoms with Gasteiger partial charge >= 0.3 is 5.97 Å². The van der Waals surface area contributed by atoms with E-state index in [1.165, 1.54) is 0 Å². The number of aliphatic carboxylic acids is 1. The van der Waals surface area contributed by atoms with Crippen molar-refractivity contribution in [3.63, 3.8) is 0 Å². The van der Waals surface area contributed by atoms with E-state index in [1.807, 2.05) is 0 Å². The van der Waals surface area contributed by atoms with Crippen LogP contribution in [0.25, 0.3) is 0 Å². The summed E-state index contributed by atoms with van der Waals surface area (Å²) in [5.74, 6) is -0.213. The second-order valence-corrected chi connectivity index (χ2v) is 5.42. The van der Waals surface area contributed by atoms with E-state index in [-0.39, 0.29) is 6.10 Å². The number of hydrogen-bond acceptors (Lipinski definition) is 6. The molecule has 1 saturated heterocycles. The Hall–Kier alpha value is -1.54. The van der Waals surface area contributed by atoms with Crippen LogP contribution in [0.2, 0.25) is 0 Å². The van der Waals surface area contributed by atoms with Crippen molar-refractivity contribution in [2.24, 2.45) is 5.41 Å². The lowest BCUT2D eigenvalue weighted by Gasteiger charge is -2.26. The minimum Gasteiger partial charge on any atom is -0.481 e. The fraction of sp³-hybridized carbons (Fsp3) is 0.833. The van der Waals surface area contributed by atoms with Gasteiger partial charge in [-0.1, -0.05) is 12.8 Å². The van der Waals surface area contributed by atoms with Crippen LogP contribution in [0, 0.1) is 5.41 Å². The second-order valence-electron chi connectivity index (χ2n) is 5.42. The molecule has 2 heterocycles. The van der Waals surface area contributed by atoms with Gasteiger partial charge < -0.3 is 14.6 Å². The average molecular weight is 282 g/mol. The molecule has 1 atom stereocenters. The van der Waals surface area contributed by atoms with Gasteiger partial charge in [-0.3, -0.25) is 4.79 Å². The van der Waals surface area contributed by atoms with Crippen LogP contribution in [0.3, 0.4) is 0 Å². The molecule has 2 aliphatic rings. The van der Waals surface area contributed by atoms with Crippen molar-refractivity contribution in [1.29, 1.82) is 0 Å². The van der Waals surface area contributed by atoms with Gasteiger partial charge in [-0.25, -0.2) is 4.68 Å².